The molecule has 0 aromatic heterocycles. The number of nitrogens with two attached hydrogens (primary N) is 1. The quantitative estimate of drug-likeness (QED) is 0.741. The van der Waals surface area contributed by atoms with Crippen LogP contribution in [0.15, 0.2) is 0 Å². The van der Waals surface area contributed by atoms with Crippen molar-refractivity contribution in [2.24, 2.45) is 5.73 Å². The van der Waals surface area contributed by atoms with Gasteiger partial charge in [-0.15, -0.1) is 0 Å². The van der Waals surface area contributed by atoms with Crippen LogP contribution in [0.25, 0.3) is 0 Å². The third-order valence-electron chi connectivity index (χ3n) is 4.49. The fraction of sp³-hybridized carbons (Fsp3) is 1.00. The van der Waals surface area contributed by atoms with Gasteiger partial charge >= 0.3 is 0 Å². The predicted octanol–water partition coefficient (Wildman–Crippen LogP) is 0.255. The highest BCUT2D eigenvalue weighted by molar-refractivity contribution is 4.90. The molecule has 4 nitrogen and oxygen atoms in total. The number of rotatable bonds is 4. The molecule has 4 heteroatoms. The summed E-state index contributed by atoms with van der Waals surface area (Å²) in [5.41, 5.74) is 6.11. The molecule has 0 aromatic carbocycles. The van der Waals surface area contributed by atoms with E-state index in [1.807, 2.05) is 0 Å². The highest BCUT2D eigenvalue weighted by Gasteiger charge is 2.33. The van der Waals surface area contributed by atoms with Crippen LogP contribution in [0.3, 0.4) is 0 Å². The molecule has 3 atom stereocenters. The smallest absolute Gasteiger partial charge is 0.0601 e. The maximum Gasteiger partial charge on any atom is 0.0601 e. The average Bonchev–Trinajstić information content (AvgIpc) is 2.39. The molecule has 2 rings (SSSR count). The molecule has 2 aliphatic rings. The van der Waals surface area contributed by atoms with Gasteiger partial charge in [-0.2, -0.15) is 0 Å². The van der Waals surface area contributed by atoms with Crippen LogP contribution in [0.2, 0.25) is 0 Å². The Morgan fingerprint density at radius 1 is 1.29 bits per heavy atom. The van der Waals surface area contributed by atoms with Crippen molar-refractivity contribution in [2.45, 2.75) is 50.7 Å². The minimum absolute atomic E-state index is 0.107. The molecule has 3 N–H and O–H groups in total. The van der Waals surface area contributed by atoms with Crippen molar-refractivity contribution in [2.75, 3.05) is 32.8 Å². The number of piperidine rings is 1. The van der Waals surface area contributed by atoms with Crippen molar-refractivity contribution in [1.29, 1.82) is 0 Å². The summed E-state index contributed by atoms with van der Waals surface area (Å²) < 4.78 is 0. The molecule has 0 aliphatic carbocycles. The van der Waals surface area contributed by atoms with Crippen LogP contribution in [0.5, 0.6) is 0 Å². The van der Waals surface area contributed by atoms with Crippen LogP contribution in [-0.2, 0) is 0 Å². The van der Waals surface area contributed by atoms with E-state index in [-0.39, 0.29) is 18.7 Å². The van der Waals surface area contributed by atoms with Crippen LogP contribution >= 0.6 is 0 Å². The standard InChI is InChI=1S/C13H27N3O/c1-2-12(14)13(10-17)16-8-7-15-6-4-3-5-11(15)9-16/h11-13,17H,2-10,14H2,1H3. The molecule has 0 amide bonds. The van der Waals surface area contributed by atoms with Crippen molar-refractivity contribution in [3.63, 3.8) is 0 Å². The Morgan fingerprint density at radius 2 is 2.12 bits per heavy atom. The van der Waals surface area contributed by atoms with Crippen LogP contribution in [0.4, 0.5) is 0 Å². The van der Waals surface area contributed by atoms with Gasteiger partial charge in [0.1, 0.15) is 0 Å². The Bertz CT molecular complexity index is 237. The molecule has 0 radical (unpaired) electrons. The van der Waals surface area contributed by atoms with Gasteiger partial charge in [-0.1, -0.05) is 13.3 Å². The van der Waals surface area contributed by atoms with E-state index < -0.39 is 0 Å². The van der Waals surface area contributed by atoms with Crippen molar-refractivity contribution in [1.82, 2.24) is 9.80 Å². The average molecular weight is 241 g/mol. The second-order valence-corrected chi connectivity index (χ2v) is 5.50. The molecule has 2 heterocycles. The second kappa shape index (κ2) is 6.14. The summed E-state index contributed by atoms with van der Waals surface area (Å²) in [5, 5.41) is 9.54. The molecule has 0 bridgehead atoms. The van der Waals surface area contributed by atoms with E-state index in [1.165, 1.54) is 25.8 Å². The van der Waals surface area contributed by atoms with Gasteiger partial charge in [-0.25, -0.2) is 0 Å². The number of aliphatic hydroxyl groups is 1. The van der Waals surface area contributed by atoms with Gasteiger partial charge in [0, 0.05) is 37.8 Å². The first kappa shape index (κ1) is 13.3. The van der Waals surface area contributed by atoms with Crippen LogP contribution in [0.1, 0.15) is 32.6 Å². The zero-order chi connectivity index (χ0) is 12.3. The van der Waals surface area contributed by atoms with Crippen LogP contribution in [0, 0.1) is 0 Å². The highest BCUT2D eigenvalue weighted by atomic mass is 16.3. The Labute approximate surface area is 105 Å². The summed E-state index contributed by atoms with van der Waals surface area (Å²) in [6.45, 7) is 6.87. The van der Waals surface area contributed by atoms with Gasteiger partial charge < -0.3 is 10.8 Å². The Kier molecular flexibility index (Phi) is 4.79. The first-order chi connectivity index (χ1) is 8.26. The van der Waals surface area contributed by atoms with Crippen molar-refractivity contribution in [3.05, 3.63) is 0 Å². The van der Waals surface area contributed by atoms with E-state index in [0.29, 0.717) is 6.04 Å². The van der Waals surface area contributed by atoms with Gasteiger partial charge in [0.2, 0.25) is 0 Å². The molecule has 17 heavy (non-hydrogen) atoms. The summed E-state index contributed by atoms with van der Waals surface area (Å²) in [4.78, 5) is 5.03. The van der Waals surface area contributed by atoms with Crippen LogP contribution in [-0.4, -0.2) is 65.8 Å². The summed E-state index contributed by atoms with van der Waals surface area (Å²) >= 11 is 0. The zero-order valence-electron chi connectivity index (χ0n) is 11.0. The Morgan fingerprint density at radius 3 is 2.82 bits per heavy atom. The maximum absolute atomic E-state index is 9.54. The van der Waals surface area contributed by atoms with Crippen molar-refractivity contribution >= 4 is 0 Å². The lowest BCUT2D eigenvalue weighted by Crippen LogP contribution is -2.61. The lowest BCUT2D eigenvalue weighted by atomic mass is 9.97. The molecule has 2 fully saturated rings. The zero-order valence-corrected chi connectivity index (χ0v) is 11.0. The number of aliphatic hydroxyl groups excluding tert-OH is 1. The van der Waals surface area contributed by atoms with E-state index in [9.17, 15) is 5.11 Å². The molecule has 3 unspecified atom stereocenters. The molecule has 0 spiro atoms. The number of fused-ring (bicyclic) bond motifs is 1. The van der Waals surface area contributed by atoms with E-state index in [2.05, 4.69) is 16.7 Å². The van der Waals surface area contributed by atoms with Gasteiger partial charge in [0.15, 0.2) is 0 Å². The fourth-order valence-electron chi connectivity index (χ4n) is 3.27. The minimum Gasteiger partial charge on any atom is -0.395 e. The predicted molar refractivity (Wildman–Crippen MR) is 69.9 cm³/mol. The molecule has 0 saturated carbocycles. The monoisotopic (exact) mass is 241 g/mol. The molecule has 0 aromatic rings. The van der Waals surface area contributed by atoms with Gasteiger partial charge in [0.05, 0.1) is 6.61 Å². The first-order valence-electron chi connectivity index (χ1n) is 7.10. The Balaban J connectivity index is 1.93. The SMILES string of the molecule is CCC(N)C(CO)N1CCN2CCCCC2C1. The number of nitrogens with zero attached hydrogens (tertiary/aromatic N) is 2. The van der Waals surface area contributed by atoms with Crippen molar-refractivity contribution in [3.8, 4) is 0 Å². The molecule has 2 aliphatic heterocycles. The summed E-state index contributed by atoms with van der Waals surface area (Å²) in [5.74, 6) is 0. The normalized spacial score (nSPS) is 30.9. The van der Waals surface area contributed by atoms with E-state index in [0.717, 1.165) is 26.1 Å². The van der Waals surface area contributed by atoms with Gasteiger partial charge in [-0.3, -0.25) is 9.80 Å². The minimum atomic E-state index is 0.107. The summed E-state index contributed by atoms with van der Waals surface area (Å²) in [6, 6.07) is 0.967. The highest BCUT2D eigenvalue weighted by Crippen LogP contribution is 2.22. The lowest BCUT2D eigenvalue weighted by molar-refractivity contribution is 0.00507. The Hall–Kier alpha value is -0.160. The number of hydrogen-bond acceptors (Lipinski definition) is 4. The van der Waals surface area contributed by atoms with Crippen LogP contribution < -0.4 is 5.73 Å². The van der Waals surface area contributed by atoms with E-state index in [1.54, 1.807) is 0 Å². The lowest BCUT2D eigenvalue weighted by Gasteiger charge is -2.47. The fourth-order valence-corrected chi connectivity index (χ4v) is 3.27. The third-order valence-corrected chi connectivity index (χ3v) is 4.49. The second-order valence-electron chi connectivity index (χ2n) is 5.50. The summed E-state index contributed by atoms with van der Waals surface area (Å²) in [7, 11) is 0. The molecular formula is C13H27N3O. The molecule has 2 saturated heterocycles. The van der Waals surface area contributed by atoms with Crippen molar-refractivity contribution < 1.29 is 5.11 Å². The van der Waals surface area contributed by atoms with Gasteiger partial charge in [0.25, 0.3) is 0 Å². The molecular weight excluding hydrogens is 214 g/mol. The number of piperazine rings is 1. The largest absolute Gasteiger partial charge is 0.395 e. The summed E-state index contributed by atoms with van der Waals surface area (Å²) in [6.07, 6.45) is 4.97. The molecule has 100 valence electrons. The van der Waals surface area contributed by atoms with E-state index in [4.69, 9.17) is 5.73 Å². The van der Waals surface area contributed by atoms with E-state index >= 15 is 0 Å². The third kappa shape index (κ3) is 2.99. The number of hydrogen-bond donors (Lipinski definition) is 2. The van der Waals surface area contributed by atoms with Gasteiger partial charge in [-0.05, 0) is 25.8 Å². The topological polar surface area (TPSA) is 52.7 Å². The maximum atomic E-state index is 9.54. The first-order valence-corrected chi connectivity index (χ1v) is 7.10.